The van der Waals surface area contributed by atoms with Gasteiger partial charge in [0, 0.05) is 56.1 Å². The van der Waals surface area contributed by atoms with Crippen molar-refractivity contribution < 1.29 is 24.0 Å². The predicted octanol–water partition coefficient (Wildman–Crippen LogP) is 2.23. The third kappa shape index (κ3) is 6.09. The maximum absolute atomic E-state index is 13.2. The minimum atomic E-state index is -0.976. The summed E-state index contributed by atoms with van der Waals surface area (Å²) >= 11 is 0. The lowest BCUT2D eigenvalue weighted by Crippen LogP contribution is -2.54. The summed E-state index contributed by atoms with van der Waals surface area (Å²) in [5, 5.41) is 2.22. The average molecular weight is 561 g/mol. The lowest BCUT2D eigenvalue weighted by Gasteiger charge is -2.37. The van der Waals surface area contributed by atoms with Crippen molar-refractivity contribution >= 4 is 40.9 Å². The molecular weight excluding hydrogens is 524 g/mol. The van der Waals surface area contributed by atoms with E-state index in [0.29, 0.717) is 18.7 Å². The smallest absolute Gasteiger partial charge is 0.265 e. The fourth-order valence-electron chi connectivity index (χ4n) is 5.56. The Morgan fingerprint density at radius 3 is 2.20 bits per heavy atom. The van der Waals surface area contributed by atoms with Gasteiger partial charge < -0.3 is 9.80 Å². The SMILES string of the molecule is CCCCCCNNC(=O)c1ccc(N2CCN(c3ccc4c(c3)C(=O)N(C3CCC(=O)NC3=O)C4=O)CC2)cc1. The van der Waals surface area contributed by atoms with Crippen LogP contribution in [-0.4, -0.2) is 73.2 Å². The van der Waals surface area contributed by atoms with Crippen LogP contribution in [0.3, 0.4) is 0 Å². The molecule has 3 aliphatic rings. The van der Waals surface area contributed by atoms with Crippen LogP contribution in [0.2, 0.25) is 0 Å². The molecule has 2 aromatic carbocycles. The molecular formula is C30H36N6O5. The third-order valence-electron chi connectivity index (χ3n) is 7.92. The quantitative estimate of drug-likeness (QED) is 0.229. The van der Waals surface area contributed by atoms with Crippen molar-refractivity contribution in [3.63, 3.8) is 0 Å². The summed E-state index contributed by atoms with van der Waals surface area (Å²) in [6.07, 6.45) is 4.77. The van der Waals surface area contributed by atoms with Crippen molar-refractivity contribution in [1.82, 2.24) is 21.1 Å². The Morgan fingerprint density at radius 2 is 1.51 bits per heavy atom. The molecule has 0 aromatic heterocycles. The van der Waals surface area contributed by atoms with Gasteiger partial charge in [0.05, 0.1) is 11.1 Å². The molecule has 11 heteroatoms. The van der Waals surface area contributed by atoms with E-state index < -0.39 is 29.7 Å². The van der Waals surface area contributed by atoms with Crippen molar-refractivity contribution in [2.24, 2.45) is 0 Å². The third-order valence-corrected chi connectivity index (χ3v) is 7.92. The molecule has 3 N–H and O–H groups in total. The van der Waals surface area contributed by atoms with Crippen LogP contribution in [0.1, 0.15) is 76.5 Å². The standard InChI is InChI=1S/C30H36N6O5/c1-2-3-4-5-14-31-33-27(38)20-6-8-21(9-7-20)34-15-17-35(18-16-34)22-10-11-23-24(19-22)30(41)36(29(23)40)25-12-13-26(37)32-28(25)39/h6-11,19,25,31H,2-5,12-18H2,1H3,(H,33,38)(H,32,37,39). The van der Waals surface area contributed by atoms with E-state index >= 15 is 0 Å². The first-order valence-corrected chi connectivity index (χ1v) is 14.4. The highest BCUT2D eigenvalue weighted by Crippen LogP contribution is 2.31. The van der Waals surface area contributed by atoms with Gasteiger partial charge in [-0.1, -0.05) is 26.2 Å². The number of hydrogen-bond donors (Lipinski definition) is 3. The van der Waals surface area contributed by atoms with E-state index in [1.54, 1.807) is 12.1 Å². The zero-order valence-corrected chi connectivity index (χ0v) is 23.3. The molecule has 2 fully saturated rings. The molecule has 2 aromatic rings. The molecule has 5 amide bonds. The fraction of sp³-hybridized carbons (Fsp3) is 0.433. The summed E-state index contributed by atoms with van der Waals surface area (Å²) in [6.45, 7) is 5.83. The summed E-state index contributed by atoms with van der Waals surface area (Å²) < 4.78 is 0. The number of imide groups is 2. The summed E-state index contributed by atoms with van der Waals surface area (Å²) in [4.78, 5) is 67.8. The van der Waals surface area contributed by atoms with E-state index in [-0.39, 0.29) is 29.9 Å². The zero-order valence-electron chi connectivity index (χ0n) is 23.3. The number of fused-ring (bicyclic) bond motifs is 1. The number of hydrogen-bond acceptors (Lipinski definition) is 8. The predicted molar refractivity (Wildman–Crippen MR) is 154 cm³/mol. The molecule has 3 heterocycles. The van der Waals surface area contributed by atoms with Crippen LogP contribution in [0.25, 0.3) is 0 Å². The topological polar surface area (TPSA) is 131 Å². The molecule has 2 saturated heterocycles. The number of nitrogens with one attached hydrogen (secondary N) is 3. The Bertz CT molecular complexity index is 1340. The normalized spacial score (nSPS) is 19.0. The van der Waals surface area contributed by atoms with Gasteiger partial charge in [-0.05, 0) is 55.3 Å². The molecule has 5 rings (SSSR count). The number of unbranched alkanes of at least 4 members (excludes halogenated alkanes) is 3. The molecule has 1 atom stereocenters. The van der Waals surface area contributed by atoms with Gasteiger partial charge in [-0.15, -0.1) is 0 Å². The molecule has 11 nitrogen and oxygen atoms in total. The van der Waals surface area contributed by atoms with E-state index in [4.69, 9.17) is 0 Å². The van der Waals surface area contributed by atoms with Crippen molar-refractivity contribution in [3.05, 3.63) is 59.2 Å². The molecule has 41 heavy (non-hydrogen) atoms. The molecule has 0 aliphatic carbocycles. The van der Waals surface area contributed by atoms with Crippen molar-refractivity contribution in [2.45, 2.75) is 51.5 Å². The number of piperazine rings is 1. The van der Waals surface area contributed by atoms with E-state index in [0.717, 1.165) is 48.8 Å². The van der Waals surface area contributed by atoms with Gasteiger partial charge in [0.1, 0.15) is 6.04 Å². The first-order valence-electron chi connectivity index (χ1n) is 14.4. The lowest BCUT2D eigenvalue weighted by atomic mass is 10.0. The molecule has 3 aliphatic heterocycles. The zero-order chi connectivity index (χ0) is 28.9. The number of nitrogens with zero attached hydrogens (tertiary/aromatic N) is 3. The van der Waals surface area contributed by atoms with Gasteiger partial charge in [-0.2, -0.15) is 0 Å². The number of hydrazine groups is 1. The number of anilines is 2. The van der Waals surface area contributed by atoms with E-state index in [1.165, 1.54) is 12.8 Å². The van der Waals surface area contributed by atoms with Crippen molar-refractivity contribution in [2.75, 3.05) is 42.5 Å². The summed E-state index contributed by atoms with van der Waals surface area (Å²) in [7, 11) is 0. The van der Waals surface area contributed by atoms with Gasteiger partial charge in [0.15, 0.2) is 0 Å². The van der Waals surface area contributed by atoms with Gasteiger partial charge in [-0.25, -0.2) is 5.43 Å². The number of rotatable bonds is 10. The number of piperidine rings is 1. The molecule has 1 unspecified atom stereocenters. The number of amides is 5. The summed E-state index contributed by atoms with van der Waals surface area (Å²) in [5.41, 5.74) is 8.77. The number of carbonyl (C=O) groups is 5. The van der Waals surface area contributed by atoms with Crippen LogP contribution >= 0.6 is 0 Å². The average Bonchev–Trinajstić information content (AvgIpc) is 3.23. The number of carbonyl (C=O) groups excluding carboxylic acids is 5. The second-order valence-corrected chi connectivity index (χ2v) is 10.6. The van der Waals surface area contributed by atoms with Crippen LogP contribution in [0.5, 0.6) is 0 Å². The highest BCUT2D eigenvalue weighted by Gasteiger charge is 2.44. The Hall–Kier alpha value is -4.25. The Morgan fingerprint density at radius 1 is 0.854 bits per heavy atom. The van der Waals surface area contributed by atoms with Crippen molar-refractivity contribution in [3.8, 4) is 0 Å². The van der Waals surface area contributed by atoms with Gasteiger partial charge in [-0.3, -0.25) is 39.6 Å². The molecule has 0 saturated carbocycles. The Balaban J connectivity index is 1.15. The fourth-order valence-corrected chi connectivity index (χ4v) is 5.56. The minimum absolute atomic E-state index is 0.0890. The van der Waals surface area contributed by atoms with E-state index in [1.807, 2.05) is 30.3 Å². The number of benzene rings is 2. The second-order valence-electron chi connectivity index (χ2n) is 10.6. The van der Waals surface area contributed by atoms with Gasteiger partial charge >= 0.3 is 0 Å². The van der Waals surface area contributed by atoms with Gasteiger partial charge in [0.2, 0.25) is 11.8 Å². The van der Waals surface area contributed by atoms with Crippen LogP contribution in [0.15, 0.2) is 42.5 Å². The highest BCUT2D eigenvalue weighted by molar-refractivity contribution is 6.23. The maximum Gasteiger partial charge on any atom is 0.265 e. The lowest BCUT2D eigenvalue weighted by molar-refractivity contribution is -0.136. The minimum Gasteiger partial charge on any atom is -0.368 e. The van der Waals surface area contributed by atoms with Crippen LogP contribution in [-0.2, 0) is 9.59 Å². The second kappa shape index (κ2) is 12.5. The van der Waals surface area contributed by atoms with Gasteiger partial charge in [0.25, 0.3) is 17.7 Å². The Labute approximate surface area is 239 Å². The first-order chi connectivity index (χ1) is 19.9. The van der Waals surface area contributed by atoms with Crippen LogP contribution < -0.4 is 26.0 Å². The summed E-state index contributed by atoms with van der Waals surface area (Å²) in [5.74, 6) is -2.18. The monoisotopic (exact) mass is 560 g/mol. The largest absolute Gasteiger partial charge is 0.368 e. The molecule has 0 spiro atoms. The summed E-state index contributed by atoms with van der Waals surface area (Å²) in [6, 6.07) is 11.8. The molecule has 0 bridgehead atoms. The molecule has 216 valence electrons. The molecule has 0 radical (unpaired) electrons. The highest BCUT2D eigenvalue weighted by atomic mass is 16.2. The first kappa shape index (κ1) is 28.3. The van der Waals surface area contributed by atoms with Crippen LogP contribution in [0, 0.1) is 0 Å². The Kier molecular flexibility index (Phi) is 8.63. The van der Waals surface area contributed by atoms with E-state index in [9.17, 15) is 24.0 Å². The van der Waals surface area contributed by atoms with Crippen LogP contribution in [0.4, 0.5) is 11.4 Å². The van der Waals surface area contributed by atoms with Crippen molar-refractivity contribution in [1.29, 1.82) is 0 Å². The maximum atomic E-state index is 13.2. The van der Waals surface area contributed by atoms with E-state index in [2.05, 4.69) is 32.9 Å².